The lowest BCUT2D eigenvalue weighted by molar-refractivity contribution is -0.119. The molecule has 0 spiro atoms. The molecule has 0 aromatic carbocycles. The van der Waals surface area contributed by atoms with E-state index >= 15 is 0 Å². The van der Waals surface area contributed by atoms with Gasteiger partial charge < -0.3 is 10.6 Å². The third kappa shape index (κ3) is 2.52. The zero-order chi connectivity index (χ0) is 11.5. The van der Waals surface area contributed by atoms with Crippen molar-refractivity contribution in [2.75, 3.05) is 11.4 Å². The lowest BCUT2D eigenvalue weighted by atomic mass is 10.1. The number of rotatable bonds is 1. The Hall–Kier alpha value is -0.690. The highest BCUT2D eigenvalue weighted by atomic mass is 127. The van der Waals surface area contributed by atoms with Crippen molar-refractivity contribution >= 4 is 34.2 Å². The van der Waals surface area contributed by atoms with E-state index in [1.165, 1.54) is 0 Å². The second-order valence-electron chi connectivity index (χ2n) is 3.93. The monoisotopic (exact) mass is 331 g/mol. The van der Waals surface area contributed by atoms with E-state index in [-0.39, 0.29) is 11.9 Å². The number of hydrogen-bond acceptors (Lipinski definition) is 3. The number of halogens is 1. The normalized spacial score (nSPS) is 22.0. The molecule has 2 N–H and O–H groups in total. The van der Waals surface area contributed by atoms with E-state index in [1.54, 1.807) is 11.1 Å². The Kier molecular flexibility index (Phi) is 3.75. The average Bonchev–Trinajstić information content (AvgIpc) is 2.44. The highest BCUT2D eigenvalue weighted by molar-refractivity contribution is 14.1. The summed E-state index contributed by atoms with van der Waals surface area (Å²) in [5.74, 6) is 0.0144. The number of nitrogens with two attached hydrogens (primary N) is 1. The van der Waals surface area contributed by atoms with Crippen molar-refractivity contribution in [1.29, 1.82) is 0 Å². The summed E-state index contributed by atoms with van der Waals surface area (Å²) in [6, 6.07) is 3.46. The number of carbonyl (C=O) groups is 1. The van der Waals surface area contributed by atoms with Crippen LogP contribution in [0.4, 0.5) is 5.69 Å². The van der Waals surface area contributed by atoms with Crippen molar-refractivity contribution in [2.24, 2.45) is 5.73 Å². The van der Waals surface area contributed by atoms with Crippen LogP contribution in [0, 0.1) is 3.70 Å². The molecule has 0 aliphatic carbocycles. The molecule has 1 aliphatic rings. The molecule has 1 aliphatic heterocycles. The first-order chi connectivity index (χ1) is 7.68. The van der Waals surface area contributed by atoms with E-state index in [1.807, 2.05) is 12.1 Å². The summed E-state index contributed by atoms with van der Waals surface area (Å²) in [4.78, 5) is 17.9. The van der Waals surface area contributed by atoms with Gasteiger partial charge in [0.25, 0.3) is 0 Å². The average molecular weight is 331 g/mol. The molecule has 1 fully saturated rings. The van der Waals surface area contributed by atoms with Crippen molar-refractivity contribution in [3.8, 4) is 0 Å². The third-order valence-corrected chi connectivity index (χ3v) is 3.39. The smallest absolute Gasteiger partial charge is 0.243 e. The van der Waals surface area contributed by atoms with Gasteiger partial charge in [-0.1, -0.05) is 0 Å². The highest BCUT2D eigenvalue weighted by Crippen LogP contribution is 2.19. The summed E-state index contributed by atoms with van der Waals surface area (Å²) in [6.07, 6.45) is 4.54. The SMILES string of the molecule is NC1CCCCN(c2ccc(I)nc2)C1=O. The van der Waals surface area contributed by atoms with Crippen LogP contribution in [-0.4, -0.2) is 23.5 Å². The van der Waals surface area contributed by atoms with Crippen LogP contribution in [0.2, 0.25) is 0 Å². The molecular weight excluding hydrogens is 317 g/mol. The minimum absolute atomic E-state index is 0.0144. The van der Waals surface area contributed by atoms with E-state index in [2.05, 4.69) is 27.6 Å². The molecule has 0 bridgehead atoms. The van der Waals surface area contributed by atoms with E-state index in [9.17, 15) is 4.79 Å². The van der Waals surface area contributed by atoms with Gasteiger partial charge in [-0.3, -0.25) is 4.79 Å². The van der Waals surface area contributed by atoms with Crippen LogP contribution in [0.3, 0.4) is 0 Å². The fourth-order valence-corrected chi connectivity index (χ4v) is 2.17. The number of aromatic nitrogens is 1. The summed E-state index contributed by atoms with van der Waals surface area (Å²) in [5, 5.41) is 0. The number of hydrogen-bond donors (Lipinski definition) is 1. The fraction of sp³-hybridized carbons (Fsp3) is 0.455. The molecule has 1 aromatic heterocycles. The minimum Gasteiger partial charge on any atom is -0.320 e. The molecule has 5 heteroatoms. The lowest BCUT2D eigenvalue weighted by Gasteiger charge is -2.22. The van der Waals surface area contributed by atoms with Crippen LogP contribution in [0.1, 0.15) is 19.3 Å². The van der Waals surface area contributed by atoms with E-state index in [0.29, 0.717) is 0 Å². The van der Waals surface area contributed by atoms with Gasteiger partial charge in [-0.25, -0.2) is 4.98 Å². The topological polar surface area (TPSA) is 59.2 Å². The first kappa shape index (κ1) is 11.8. The van der Waals surface area contributed by atoms with Crippen molar-refractivity contribution in [3.63, 3.8) is 0 Å². The maximum Gasteiger partial charge on any atom is 0.243 e. The fourth-order valence-electron chi connectivity index (χ4n) is 1.85. The minimum atomic E-state index is -0.359. The molecule has 2 rings (SSSR count). The molecule has 16 heavy (non-hydrogen) atoms. The van der Waals surface area contributed by atoms with Gasteiger partial charge in [-0.15, -0.1) is 0 Å². The summed E-state index contributed by atoms with van der Waals surface area (Å²) >= 11 is 2.15. The molecule has 1 saturated heterocycles. The molecule has 1 atom stereocenters. The van der Waals surface area contributed by atoms with Gasteiger partial charge in [0.1, 0.15) is 3.70 Å². The predicted octanol–water partition coefficient (Wildman–Crippen LogP) is 1.53. The Morgan fingerprint density at radius 2 is 2.25 bits per heavy atom. The number of nitrogens with zero attached hydrogens (tertiary/aromatic N) is 2. The van der Waals surface area contributed by atoms with Crippen molar-refractivity contribution < 1.29 is 4.79 Å². The molecule has 2 heterocycles. The summed E-state index contributed by atoms with van der Waals surface area (Å²) in [5.41, 5.74) is 6.67. The van der Waals surface area contributed by atoms with Crippen LogP contribution in [0.5, 0.6) is 0 Å². The number of anilines is 1. The van der Waals surface area contributed by atoms with Gasteiger partial charge in [0.2, 0.25) is 5.91 Å². The van der Waals surface area contributed by atoms with Crippen LogP contribution in [0.25, 0.3) is 0 Å². The molecule has 86 valence electrons. The Labute approximate surface area is 108 Å². The van der Waals surface area contributed by atoms with Gasteiger partial charge in [0, 0.05) is 6.54 Å². The Bertz CT molecular complexity index is 379. The lowest BCUT2D eigenvalue weighted by Crippen LogP contribution is -2.42. The maximum atomic E-state index is 12.0. The Morgan fingerprint density at radius 1 is 1.44 bits per heavy atom. The van der Waals surface area contributed by atoms with Crippen LogP contribution >= 0.6 is 22.6 Å². The summed E-state index contributed by atoms with van der Waals surface area (Å²) < 4.78 is 0.924. The molecule has 1 unspecified atom stereocenters. The van der Waals surface area contributed by atoms with Crippen molar-refractivity contribution in [2.45, 2.75) is 25.3 Å². The molecule has 1 amide bonds. The molecule has 1 aromatic rings. The molecule has 0 saturated carbocycles. The second-order valence-corrected chi connectivity index (χ2v) is 5.04. The molecule has 4 nitrogen and oxygen atoms in total. The molecule has 0 radical (unpaired) electrons. The zero-order valence-corrected chi connectivity index (χ0v) is 11.1. The third-order valence-electron chi connectivity index (χ3n) is 2.75. The summed E-state index contributed by atoms with van der Waals surface area (Å²) in [6.45, 7) is 0.745. The van der Waals surface area contributed by atoms with Crippen LogP contribution < -0.4 is 10.6 Å². The van der Waals surface area contributed by atoms with E-state index in [4.69, 9.17) is 5.73 Å². The maximum absolute atomic E-state index is 12.0. The highest BCUT2D eigenvalue weighted by Gasteiger charge is 2.24. The Balaban J connectivity index is 2.24. The van der Waals surface area contributed by atoms with Crippen molar-refractivity contribution in [3.05, 3.63) is 22.0 Å². The largest absolute Gasteiger partial charge is 0.320 e. The van der Waals surface area contributed by atoms with Crippen LogP contribution in [0.15, 0.2) is 18.3 Å². The first-order valence-corrected chi connectivity index (χ1v) is 6.45. The van der Waals surface area contributed by atoms with Gasteiger partial charge in [-0.05, 0) is 54.0 Å². The molecular formula is C11H14IN3O. The Morgan fingerprint density at radius 3 is 2.94 bits per heavy atom. The zero-order valence-electron chi connectivity index (χ0n) is 8.90. The number of pyridine rings is 1. The first-order valence-electron chi connectivity index (χ1n) is 5.37. The number of carbonyl (C=O) groups excluding carboxylic acids is 1. The van der Waals surface area contributed by atoms with E-state index < -0.39 is 0 Å². The predicted molar refractivity (Wildman–Crippen MR) is 71.1 cm³/mol. The van der Waals surface area contributed by atoms with E-state index in [0.717, 1.165) is 35.2 Å². The van der Waals surface area contributed by atoms with Crippen molar-refractivity contribution in [1.82, 2.24) is 4.98 Å². The van der Waals surface area contributed by atoms with Gasteiger partial charge in [0.15, 0.2) is 0 Å². The standard InChI is InChI=1S/C11H14IN3O/c12-10-5-4-8(7-14-10)15-6-2-1-3-9(13)11(15)16/h4-5,7,9H,1-3,6,13H2. The van der Waals surface area contributed by atoms with Gasteiger partial charge >= 0.3 is 0 Å². The number of amides is 1. The summed E-state index contributed by atoms with van der Waals surface area (Å²) in [7, 11) is 0. The van der Waals surface area contributed by atoms with Gasteiger partial charge in [0.05, 0.1) is 17.9 Å². The van der Waals surface area contributed by atoms with Crippen LogP contribution in [-0.2, 0) is 4.79 Å². The van der Waals surface area contributed by atoms with Gasteiger partial charge in [-0.2, -0.15) is 0 Å². The second kappa shape index (κ2) is 5.09. The quantitative estimate of drug-likeness (QED) is 0.627.